The molecule has 23 heavy (non-hydrogen) atoms. The van der Waals surface area contributed by atoms with E-state index in [1.54, 1.807) is 24.3 Å². The van der Waals surface area contributed by atoms with Crippen LogP contribution in [0.15, 0.2) is 59.1 Å². The summed E-state index contributed by atoms with van der Waals surface area (Å²) in [5.74, 6) is 0.176. The van der Waals surface area contributed by atoms with E-state index in [0.29, 0.717) is 5.56 Å². The van der Waals surface area contributed by atoms with E-state index in [1.165, 1.54) is 11.8 Å². The second kappa shape index (κ2) is 8.74. The SMILES string of the molecule is C[C@H](SCc1ccc(Br)cc1)C(=O)NNC(=O)c1ccccc1. The number of hydrogen-bond donors (Lipinski definition) is 2. The first kappa shape index (κ1) is 17.6. The molecular formula is C17H17BrN2O2S. The van der Waals surface area contributed by atoms with Gasteiger partial charge in [0, 0.05) is 15.8 Å². The number of carbonyl (C=O) groups excluding carboxylic acids is 2. The minimum Gasteiger partial charge on any atom is -0.272 e. The second-order valence-corrected chi connectivity index (χ2v) is 7.13. The molecule has 2 amide bonds. The van der Waals surface area contributed by atoms with E-state index in [-0.39, 0.29) is 17.1 Å². The van der Waals surface area contributed by atoms with Crippen LogP contribution >= 0.6 is 27.7 Å². The molecule has 0 aliphatic heterocycles. The normalized spacial score (nSPS) is 11.6. The fourth-order valence-electron chi connectivity index (χ4n) is 1.76. The number of halogens is 1. The van der Waals surface area contributed by atoms with Crippen LogP contribution in [0, 0.1) is 0 Å². The molecule has 0 fully saturated rings. The quantitative estimate of drug-likeness (QED) is 0.765. The van der Waals surface area contributed by atoms with Crippen LogP contribution in [0.3, 0.4) is 0 Å². The first-order valence-electron chi connectivity index (χ1n) is 7.07. The predicted molar refractivity (Wildman–Crippen MR) is 96.9 cm³/mol. The molecule has 120 valence electrons. The summed E-state index contributed by atoms with van der Waals surface area (Å²) in [4.78, 5) is 23.8. The highest BCUT2D eigenvalue weighted by Crippen LogP contribution is 2.19. The summed E-state index contributed by atoms with van der Waals surface area (Å²) in [6, 6.07) is 16.7. The highest BCUT2D eigenvalue weighted by Gasteiger charge is 2.14. The molecule has 0 aliphatic carbocycles. The first-order valence-corrected chi connectivity index (χ1v) is 8.91. The smallest absolute Gasteiger partial charge is 0.269 e. The summed E-state index contributed by atoms with van der Waals surface area (Å²) in [5.41, 5.74) is 6.53. The van der Waals surface area contributed by atoms with Gasteiger partial charge < -0.3 is 0 Å². The van der Waals surface area contributed by atoms with Crippen molar-refractivity contribution in [2.45, 2.75) is 17.9 Å². The predicted octanol–water partition coefficient (Wildman–Crippen LogP) is 3.53. The summed E-state index contributed by atoms with van der Waals surface area (Å²) in [7, 11) is 0. The first-order chi connectivity index (χ1) is 11.1. The average Bonchev–Trinajstić information content (AvgIpc) is 2.59. The van der Waals surface area contributed by atoms with Crippen molar-refractivity contribution in [3.8, 4) is 0 Å². The van der Waals surface area contributed by atoms with Gasteiger partial charge >= 0.3 is 0 Å². The monoisotopic (exact) mass is 392 g/mol. The third-order valence-electron chi connectivity index (χ3n) is 3.12. The molecule has 2 rings (SSSR count). The zero-order valence-corrected chi connectivity index (χ0v) is 15.0. The lowest BCUT2D eigenvalue weighted by Crippen LogP contribution is -2.44. The second-order valence-electron chi connectivity index (χ2n) is 4.89. The zero-order chi connectivity index (χ0) is 16.7. The molecule has 6 heteroatoms. The van der Waals surface area contributed by atoms with Gasteiger partial charge in [0.2, 0.25) is 0 Å². The molecule has 0 aliphatic rings. The van der Waals surface area contributed by atoms with Crippen LogP contribution in [0.4, 0.5) is 0 Å². The Kier molecular flexibility index (Phi) is 6.67. The van der Waals surface area contributed by atoms with E-state index in [4.69, 9.17) is 0 Å². The average molecular weight is 393 g/mol. The van der Waals surface area contributed by atoms with Crippen molar-refractivity contribution in [2.24, 2.45) is 0 Å². The number of benzene rings is 2. The van der Waals surface area contributed by atoms with Crippen molar-refractivity contribution in [1.29, 1.82) is 0 Å². The Labute approximate surface area is 148 Å². The van der Waals surface area contributed by atoms with Gasteiger partial charge in [-0.1, -0.05) is 46.3 Å². The number of rotatable bonds is 5. The van der Waals surface area contributed by atoms with Gasteiger partial charge in [-0.05, 0) is 36.8 Å². The van der Waals surface area contributed by atoms with Crippen molar-refractivity contribution < 1.29 is 9.59 Å². The standard InChI is InChI=1S/C17H17BrN2O2S/c1-12(23-11-13-7-9-15(18)10-8-13)16(21)19-20-17(22)14-5-3-2-4-6-14/h2-10,12H,11H2,1H3,(H,19,21)(H,20,22)/t12-/m0/s1. The fraction of sp³-hybridized carbons (Fsp3) is 0.176. The van der Waals surface area contributed by atoms with Crippen LogP contribution < -0.4 is 10.9 Å². The van der Waals surface area contributed by atoms with Crippen molar-refractivity contribution in [3.05, 3.63) is 70.2 Å². The van der Waals surface area contributed by atoms with Gasteiger partial charge in [0.05, 0.1) is 5.25 Å². The summed E-state index contributed by atoms with van der Waals surface area (Å²) in [6.45, 7) is 1.81. The Morgan fingerprint density at radius 1 is 1.04 bits per heavy atom. The van der Waals surface area contributed by atoms with Crippen LogP contribution in [0.1, 0.15) is 22.8 Å². The van der Waals surface area contributed by atoms with Crippen LogP contribution in [0.25, 0.3) is 0 Å². The summed E-state index contributed by atoms with van der Waals surface area (Å²) in [6.07, 6.45) is 0. The Balaban J connectivity index is 1.76. The Bertz CT molecular complexity index is 662. The van der Waals surface area contributed by atoms with Gasteiger partial charge in [0.1, 0.15) is 0 Å². The molecule has 0 saturated heterocycles. The van der Waals surface area contributed by atoms with Crippen molar-refractivity contribution >= 4 is 39.5 Å². The molecule has 1 atom stereocenters. The van der Waals surface area contributed by atoms with Crippen molar-refractivity contribution in [1.82, 2.24) is 10.9 Å². The van der Waals surface area contributed by atoms with Crippen LogP contribution in [-0.4, -0.2) is 17.1 Å². The van der Waals surface area contributed by atoms with Gasteiger partial charge in [-0.15, -0.1) is 11.8 Å². The number of thioether (sulfide) groups is 1. The van der Waals surface area contributed by atoms with Gasteiger partial charge in [-0.3, -0.25) is 20.4 Å². The molecule has 2 aromatic rings. The third kappa shape index (κ3) is 5.73. The molecule has 0 unspecified atom stereocenters. The maximum absolute atomic E-state index is 12.0. The zero-order valence-electron chi connectivity index (χ0n) is 12.6. The van der Waals surface area contributed by atoms with Gasteiger partial charge in [0.15, 0.2) is 0 Å². The molecule has 0 bridgehead atoms. The van der Waals surface area contributed by atoms with Crippen LogP contribution in [0.2, 0.25) is 0 Å². The maximum Gasteiger partial charge on any atom is 0.269 e. The van der Waals surface area contributed by atoms with Crippen molar-refractivity contribution in [2.75, 3.05) is 0 Å². The molecule has 0 spiro atoms. The Hall–Kier alpha value is -1.79. The lowest BCUT2D eigenvalue weighted by molar-refractivity contribution is -0.121. The highest BCUT2D eigenvalue weighted by atomic mass is 79.9. The number of carbonyl (C=O) groups is 2. The summed E-state index contributed by atoms with van der Waals surface area (Å²) >= 11 is 4.90. The molecule has 0 aromatic heterocycles. The largest absolute Gasteiger partial charge is 0.272 e. The van der Waals surface area contributed by atoms with E-state index in [2.05, 4.69) is 26.8 Å². The number of hydrazine groups is 1. The lowest BCUT2D eigenvalue weighted by atomic mass is 10.2. The van der Waals surface area contributed by atoms with Crippen molar-refractivity contribution in [3.63, 3.8) is 0 Å². The van der Waals surface area contributed by atoms with Gasteiger partial charge in [0.25, 0.3) is 11.8 Å². The summed E-state index contributed by atoms with van der Waals surface area (Å²) in [5, 5.41) is -0.269. The van der Waals surface area contributed by atoms with Gasteiger partial charge in [-0.25, -0.2) is 0 Å². The molecule has 4 nitrogen and oxygen atoms in total. The molecular weight excluding hydrogens is 376 g/mol. The van der Waals surface area contributed by atoms with Crippen LogP contribution in [-0.2, 0) is 10.5 Å². The minimum atomic E-state index is -0.330. The lowest BCUT2D eigenvalue weighted by Gasteiger charge is -2.13. The van der Waals surface area contributed by atoms with E-state index < -0.39 is 0 Å². The van der Waals surface area contributed by atoms with Crippen LogP contribution in [0.5, 0.6) is 0 Å². The Morgan fingerprint density at radius 3 is 2.35 bits per heavy atom. The molecule has 2 N–H and O–H groups in total. The number of hydrogen-bond acceptors (Lipinski definition) is 3. The van der Waals surface area contributed by atoms with E-state index in [0.717, 1.165) is 15.8 Å². The topological polar surface area (TPSA) is 58.2 Å². The molecule has 0 heterocycles. The number of amides is 2. The maximum atomic E-state index is 12.0. The fourth-order valence-corrected chi connectivity index (χ4v) is 2.87. The summed E-state index contributed by atoms with van der Waals surface area (Å²) < 4.78 is 1.03. The minimum absolute atomic E-state index is 0.226. The molecule has 0 saturated carbocycles. The third-order valence-corrected chi connectivity index (χ3v) is 4.86. The van der Waals surface area contributed by atoms with E-state index in [9.17, 15) is 9.59 Å². The number of nitrogens with one attached hydrogen (secondary N) is 2. The van der Waals surface area contributed by atoms with Gasteiger partial charge in [-0.2, -0.15) is 0 Å². The molecule has 0 radical (unpaired) electrons. The highest BCUT2D eigenvalue weighted by molar-refractivity contribution is 9.10. The van der Waals surface area contributed by atoms with E-state index >= 15 is 0 Å². The molecule has 2 aromatic carbocycles. The van der Waals surface area contributed by atoms with E-state index in [1.807, 2.05) is 37.3 Å². The Morgan fingerprint density at radius 2 is 1.70 bits per heavy atom.